The number of aromatic nitrogens is 5. The van der Waals surface area contributed by atoms with Crippen LogP contribution in [0.15, 0.2) is 5.16 Å². The number of nitrogens with zero attached hydrogens (tertiary/aromatic N) is 4. The van der Waals surface area contributed by atoms with E-state index in [1.165, 1.54) is 0 Å². The maximum Gasteiger partial charge on any atom is 0.356 e. The summed E-state index contributed by atoms with van der Waals surface area (Å²) in [7, 11) is 0. The van der Waals surface area contributed by atoms with Crippen LogP contribution >= 0.6 is 11.8 Å². The van der Waals surface area contributed by atoms with Gasteiger partial charge in [-0.15, -0.1) is 5.10 Å². The molecule has 1 aliphatic rings. The molecule has 3 rings (SSSR count). The summed E-state index contributed by atoms with van der Waals surface area (Å²) in [5, 5.41) is 24.8. The number of carboxylic acids is 1. The minimum absolute atomic E-state index is 0.212. The molecule has 3 N–H and O–H groups in total. The molecule has 2 heterocycles. The quantitative estimate of drug-likeness (QED) is 0.509. The van der Waals surface area contributed by atoms with E-state index in [1.807, 2.05) is 18.5 Å². The highest BCUT2D eigenvalue weighted by Gasteiger charge is 2.28. The fourth-order valence-electron chi connectivity index (χ4n) is 3.09. The van der Waals surface area contributed by atoms with Crippen molar-refractivity contribution in [3.63, 3.8) is 0 Å². The summed E-state index contributed by atoms with van der Waals surface area (Å²) >= 11 is 1.60. The fourth-order valence-corrected chi connectivity index (χ4v) is 3.80. The Morgan fingerprint density at radius 1 is 1.54 bits per heavy atom. The van der Waals surface area contributed by atoms with Crippen LogP contribution in [0.3, 0.4) is 0 Å². The standard InChI is InChI=1S/C15H22N6O2S/c1-3-21-12-5-4-10(8-11(12)13(20-21)14(22)23)16-6-7-24-15-17-9(2)18-19-15/h10,16H,3-8H2,1-2H3,(H,22,23)(H,17,18,19)/t10-/m1/s1. The zero-order valence-electron chi connectivity index (χ0n) is 13.9. The lowest BCUT2D eigenvalue weighted by Gasteiger charge is -2.24. The lowest BCUT2D eigenvalue weighted by Crippen LogP contribution is -2.36. The Bertz CT molecular complexity index is 726. The van der Waals surface area contributed by atoms with E-state index in [2.05, 4.69) is 25.6 Å². The predicted octanol–water partition coefficient (Wildman–Crippen LogP) is 1.27. The largest absolute Gasteiger partial charge is 0.476 e. The molecule has 130 valence electrons. The number of hydrogen-bond acceptors (Lipinski definition) is 6. The van der Waals surface area contributed by atoms with Crippen LogP contribution in [-0.4, -0.2) is 54.4 Å². The molecule has 0 saturated heterocycles. The van der Waals surface area contributed by atoms with Gasteiger partial charge in [-0.05, 0) is 33.1 Å². The molecule has 0 spiro atoms. The van der Waals surface area contributed by atoms with Gasteiger partial charge in [-0.25, -0.2) is 9.78 Å². The first kappa shape index (κ1) is 17.0. The number of aromatic carboxylic acids is 1. The van der Waals surface area contributed by atoms with Crippen molar-refractivity contribution in [2.75, 3.05) is 12.3 Å². The third kappa shape index (κ3) is 3.62. The van der Waals surface area contributed by atoms with Crippen molar-refractivity contribution in [2.24, 2.45) is 0 Å². The highest BCUT2D eigenvalue weighted by molar-refractivity contribution is 7.99. The fraction of sp³-hybridized carbons (Fsp3) is 0.600. The van der Waals surface area contributed by atoms with E-state index in [0.717, 1.165) is 53.8 Å². The monoisotopic (exact) mass is 350 g/mol. The molecule has 0 aliphatic heterocycles. The average Bonchev–Trinajstić information content (AvgIpc) is 3.14. The van der Waals surface area contributed by atoms with Gasteiger partial charge in [0.2, 0.25) is 5.16 Å². The van der Waals surface area contributed by atoms with Crippen molar-refractivity contribution < 1.29 is 9.90 Å². The Kier molecular flexibility index (Phi) is 5.20. The number of aryl methyl sites for hydroxylation is 2. The number of thioether (sulfide) groups is 1. The molecule has 24 heavy (non-hydrogen) atoms. The van der Waals surface area contributed by atoms with Crippen molar-refractivity contribution in [3.05, 3.63) is 22.8 Å². The summed E-state index contributed by atoms with van der Waals surface area (Å²) in [5.74, 6) is 0.759. The molecule has 2 aromatic heterocycles. The zero-order valence-corrected chi connectivity index (χ0v) is 14.7. The predicted molar refractivity (Wildman–Crippen MR) is 90.5 cm³/mol. The van der Waals surface area contributed by atoms with Gasteiger partial charge in [0.05, 0.1) is 0 Å². The van der Waals surface area contributed by atoms with Gasteiger partial charge in [0, 0.05) is 36.1 Å². The van der Waals surface area contributed by atoms with Crippen LogP contribution in [0.25, 0.3) is 0 Å². The van der Waals surface area contributed by atoms with Crippen molar-refractivity contribution in [3.8, 4) is 0 Å². The normalized spacial score (nSPS) is 17.0. The Morgan fingerprint density at radius 3 is 3.04 bits per heavy atom. The smallest absolute Gasteiger partial charge is 0.356 e. The van der Waals surface area contributed by atoms with E-state index in [4.69, 9.17) is 0 Å². The molecule has 2 aromatic rings. The van der Waals surface area contributed by atoms with Crippen molar-refractivity contribution in [1.82, 2.24) is 30.3 Å². The van der Waals surface area contributed by atoms with Gasteiger partial charge in [-0.1, -0.05) is 11.8 Å². The molecular weight excluding hydrogens is 328 g/mol. The minimum Gasteiger partial charge on any atom is -0.476 e. The first-order valence-electron chi connectivity index (χ1n) is 8.15. The first-order chi connectivity index (χ1) is 11.6. The molecule has 0 unspecified atom stereocenters. The van der Waals surface area contributed by atoms with Crippen molar-refractivity contribution in [2.45, 2.75) is 50.9 Å². The molecule has 0 bridgehead atoms. The molecule has 1 atom stereocenters. The summed E-state index contributed by atoms with van der Waals surface area (Å²) in [5.41, 5.74) is 2.19. The summed E-state index contributed by atoms with van der Waals surface area (Å²) in [6.07, 6.45) is 2.60. The molecule has 8 nitrogen and oxygen atoms in total. The number of carboxylic acid groups (broad SMARTS) is 1. The Morgan fingerprint density at radius 2 is 2.38 bits per heavy atom. The Hall–Kier alpha value is -1.87. The van der Waals surface area contributed by atoms with Crippen LogP contribution in [0.4, 0.5) is 0 Å². The molecule has 0 saturated carbocycles. The third-order valence-electron chi connectivity index (χ3n) is 4.19. The lowest BCUT2D eigenvalue weighted by atomic mass is 9.91. The molecule has 1 aliphatic carbocycles. The number of rotatable bonds is 7. The van der Waals surface area contributed by atoms with Crippen molar-refractivity contribution >= 4 is 17.7 Å². The van der Waals surface area contributed by atoms with Gasteiger partial charge in [0.1, 0.15) is 5.82 Å². The van der Waals surface area contributed by atoms with E-state index < -0.39 is 5.97 Å². The Balaban J connectivity index is 1.55. The van der Waals surface area contributed by atoms with Crippen LogP contribution in [0.2, 0.25) is 0 Å². The van der Waals surface area contributed by atoms with E-state index in [1.54, 1.807) is 11.8 Å². The van der Waals surface area contributed by atoms with E-state index in [9.17, 15) is 9.90 Å². The molecular formula is C15H22N6O2S. The topological polar surface area (TPSA) is 109 Å². The Labute approximate surface area is 144 Å². The van der Waals surface area contributed by atoms with Crippen LogP contribution in [0.5, 0.6) is 0 Å². The second-order valence-corrected chi connectivity index (χ2v) is 6.90. The van der Waals surface area contributed by atoms with Crippen LogP contribution in [0, 0.1) is 6.92 Å². The van der Waals surface area contributed by atoms with Gasteiger partial charge in [0.15, 0.2) is 5.69 Å². The maximum absolute atomic E-state index is 11.4. The molecule has 0 fully saturated rings. The zero-order chi connectivity index (χ0) is 17.1. The molecule has 0 radical (unpaired) electrons. The summed E-state index contributed by atoms with van der Waals surface area (Å²) in [6, 6.07) is 0.291. The first-order valence-corrected chi connectivity index (χ1v) is 9.14. The van der Waals surface area contributed by atoms with Crippen molar-refractivity contribution in [1.29, 1.82) is 0 Å². The number of carbonyl (C=O) groups is 1. The summed E-state index contributed by atoms with van der Waals surface area (Å²) in [4.78, 5) is 15.7. The number of nitrogens with one attached hydrogen (secondary N) is 2. The average molecular weight is 350 g/mol. The maximum atomic E-state index is 11.4. The highest BCUT2D eigenvalue weighted by atomic mass is 32.2. The van der Waals surface area contributed by atoms with E-state index >= 15 is 0 Å². The van der Waals surface area contributed by atoms with Crippen LogP contribution in [0.1, 0.15) is 40.9 Å². The summed E-state index contributed by atoms with van der Waals surface area (Å²) in [6.45, 7) is 5.42. The van der Waals surface area contributed by atoms with Gasteiger partial charge in [-0.3, -0.25) is 9.78 Å². The van der Waals surface area contributed by atoms with E-state index in [0.29, 0.717) is 12.6 Å². The highest BCUT2D eigenvalue weighted by Crippen LogP contribution is 2.25. The molecule has 0 amide bonds. The second-order valence-electron chi connectivity index (χ2n) is 5.84. The van der Waals surface area contributed by atoms with Gasteiger partial charge < -0.3 is 10.4 Å². The SMILES string of the molecule is CCn1nc(C(=O)O)c2c1CC[C@@H](NCCSc1n[nH]c(C)n1)C2. The number of hydrogen-bond donors (Lipinski definition) is 3. The summed E-state index contributed by atoms with van der Waals surface area (Å²) < 4.78 is 1.83. The van der Waals surface area contributed by atoms with Gasteiger partial charge >= 0.3 is 5.97 Å². The second kappa shape index (κ2) is 7.35. The van der Waals surface area contributed by atoms with Gasteiger partial charge in [-0.2, -0.15) is 5.10 Å². The number of fused-ring (bicyclic) bond motifs is 1. The minimum atomic E-state index is -0.936. The lowest BCUT2D eigenvalue weighted by molar-refractivity contribution is 0.0688. The van der Waals surface area contributed by atoms with Crippen LogP contribution < -0.4 is 5.32 Å². The molecule has 0 aromatic carbocycles. The number of aromatic amines is 1. The number of H-pyrrole nitrogens is 1. The van der Waals surface area contributed by atoms with Gasteiger partial charge in [0.25, 0.3) is 0 Å². The third-order valence-corrected chi connectivity index (χ3v) is 5.04. The van der Waals surface area contributed by atoms with Crippen LogP contribution in [-0.2, 0) is 19.4 Å². The molecule has 9 heteroatoms. The van der Waals surface area contributed by atoms with E-state index in [-0.39, 0.29) is 5.69 Å².